The van der Waals surface area contributed by atoms with Crippen LogP contribution in [0.3, 0.4) is 0 Å². The topological polar surface area (TPSA) is 83.5 Å². The summed E-state index contributed by atoms with van der Waals surface area (Å²) in [6.45, 7) is 1.56. The molecule has 0 aliphatic carbocycles. The number of anilines is 1. The molecular formula is C13H15NO4S. The van der Waals surface area contributed by atoms with Crippen molar-refractivity contribution in [3.63, 3.8) is 0 Å². The Balaban J connectivity index is 2.83. The maximum atomic E-state index is 11.5. The maximum Gasteiger partial charge on any atom is 0.239 e. The van der Waals surface area contributed by atoms with Gasteiger partial charge in [-0.2, -0.15) is 0 Å². The van der Waals surface area contributed by atoms with Gasteiger partial charge in [0.1, 0.15) is 12.4 Å². The van der Waals surface area contributed by atoms with Gasteiger partial charge in [0.15, 0.2) is 9.84 Å². The van der Waals surface area contributed by atoms with Crippen LogP contribution >= 0.6 is 0 Å². The van der Waals surface area contributed by atoms with Gasteiger partial charge in [0.2, 0.25) is 5.91 Å². The SMILES string of the molecule is Cc1cc(C#CCO)ccc1NC(=O)CS(C)(=O)=O. The number of aryl methyl sites for hydroxylation is 1. The number of rotatable bonds is 3. The third-order valence-electron chi connectivity index (χ3n) is 2.21. The van der Waals surface area contributed by atoms with Crippen molar-refractivity contribution in [2.45, 2.75) is 6.92 Å². The van der Waals surface area contributed by atoms with E-state index in [4.69, 9.17) is 5.11 Å². The Morgan fingerprint density at radius 3 is 2.63 bits per heavy atom. The summed E-state index contributed by atoms with van der Waals surface area (Å²) in [6, 6.07) is 5.08. The second-order valence-corrected chi connectivity index (χ2v) is 6.25. The van der Waals surface area contributed by atoms with E-state index in [-0.39, 0.29) is 6.61 Å². The van der Waals surface area contributed by atoms with Gasteiger partial charge in [-0.3, -0.25) is 4.79 Å². The average molecular weight is 281 g/mol. The highest BCUT2D eigenvalue weighted by Crippen LogP contribution is 2.16. The molecular weight excluding hydrogens is 266 g/mol. The van der Waals surface area contributed by atoms with Gasteiger partial charge in [-0.05, 0) is 30.7 Å². The van der Waals surface area contributed by atoms with Crippen LogP contribution in [0.25, 0.3) is 0 Å². The molecule has 0 aromatic heterocycles. The Morgan fingerprint density at radius 2 is 2.11 bits per heavy atom. The van der Waals surface area contributed by atoms with Crippen molar-refractivity contribution in [3.8, 4) is 11.8 Å². The first-order chi connectivity index (χ1) is 8.81. The fourth-order valence-electron chi connectivity index (χ4n) is 1.45. The van der Waals surface area contributed by atoms with Gasteiger partial charge in [0.25, 0.3) is 0 Å². The van der Waals surface area contributed by atoms with E-state index in [1.54, 1.807) is 25.1 Å². The predicted octanol–water partition coefficient (Wildman–Crippen LogP) is 0.322. The first kappa shape index (κ1) is 15.2. The van der Waals surface area contributed by atoms with Crippen LogP contribution < -0.4 is 5.32 Å². The van der Waals surface area contributed by atoms with Crippen molar-refractivity contribution in [2.24, 2.45) is 0 Å². The van der Waals surface area contributed by atoms with Crippen LogP contribution in [0.5, 0.6) is 0 Å². The van der Waals surface area contributed by atoms with E-state index in [2.05, 4.69) is 17.2 Å². The van der Waals surface area contributed by atoms with Crippen molar-refractivity contribution in [3.05, 3.63) is 29.3 Å². The number of aliphatic hydroxyl groups is 1. The normalized spacial score (nSPS) is 10.5. The van der Waals surface area contributed by atoms with Crippen LogP contribution in [0, 0.1) is 18.8 Å². The van der Waals surface area contributed by atoms with Crippen molar-refractivity contribution >= 4 is 21.4 Å². The van der Waals surface area contributed by atoms with Gasteiger partial charge in [0.05, 0.1) is 0 Å². The molecule has 1 amide bonds. The summed E-state index contributed by atoms with van der Waals surface area (Å²) in [5.41, 5.74) is 2.03. The molecule has 0 saturated heterocycles. The summed E-state index contributed by atoms with van der Waals surface area (Å²) in [5.74, 6) is 4.15. The number of hydrogen-bond acceptors (Lipinski definition) is 4. The summed E-state index contributed by atoms with van der Waals surface area (Å²) in [5, 5.41) is 11.1. The van der Waals surface area contributed by atoms with Gasteiger partial charge < -0.3 is 10.4 Å². The molecule has 0 radical (unpaired) electrons. The Kier molecular flexibility index (Phi) is 5.10. The molecule has 0 unspecified atom stereocenters. The smallest absolute Gasteiger partial charge is 0.239 e. The summed E-state index contributed by atoms with van der Waals surface area (Å²) in [4.78, 5) is 11.5. The first-order valence-electron chi connectivity index (χ1n) is 5.50. The van der Waals surface area contributed by atoms with Crippen molar-refractivity contribution < 1.29 is 18.3 Å². The number of amides is 1. The lowest BCUT2D eigenvalue weighted by Crippen LogP contribution is -2.22. The molecule has 0 fully saturated rings. The van der Waals surface area contributed by atoms with Crippen LogP contribution in [-0.4, -0.2) is 38.0 Å². The molecule has 0 heterocycles. The van der Waals surface area contributed by atoms with Crippen molar-refractivity contribution in [1.29, 1.82) is 0 Å². The van der Waals surface area contributed by atoms with Crippen LogP contribution in [0.1, 0.15) is 11.1 Å². The minimum atomic E-state index is -3.34. The molecule has 0 aliphatic rings. The minimum Gasteiger partial charge on any atom is -0.384 e. The average Bonchev–Trinajstić information content (AvgIpc) is 2.27. The zero-order valence-corrected chi connectivity index (χ0v) is 11.5. The van der Waals surface area contributed by atoms with Gasteiger partial charge in [-0.15, -0.1) is 0 Å². The van der Waals surface area contributed by atoms with E-state index in [0.717, 1.165) is 11.8 Å². The summed E-state index contributed by atoms with van der Waals surface area (Å²) in [6.07, 6.45) is 1.01. The molecule has 5 nitrogen and oxygen atoms in total. The fourth-order valence-corrected chi connectivity index (χ4v) is 2.00. The fraction of sp³-hybridized carbons (Fsp3) is 0.308. The third-order valence-corrected chi connectivity index (χ3v) is 2.99. The van der Waals surface area contributed by atoms with Crippen LogP contribution in [0.4, 0.5) is 5.69 Å². The van der Waals surface area contributed by atoms with Gasteiger partial charge in [-0.25, -0.2) is 8.42 Å². The van der Waals surface area contributed by atoms with Crippen LogP contribution in [0.15, 0.2) is 18.2 Å². The standard InChI is InChI=1S/C13H15NO4S/c1-10-8-11(4-3-7-15)5-6-12(10)14-13(16)9-19(2,17)18/h5-6,8,15H,7,9H2,1-2H3,(H,14,16). The lowest BCUT2D eigenvalue weighted by Gasteiger charge is -2.08. The molecule has 102 valence electrons. The Labute approximate surface area is 112 Å². The zero-order valence-electron chi connectivity index (χ0n) is 10.7. The summed E-state index contributed by atoms with van der Waals surface area (Å²) < 4.78 is 22.0. The quantitative estimate of drug-likeness (QED) is 0.782. The second-order valence-electron chi connectivity index (χ2n) is 4.11. The summed E-state index contributed by atoms with van der Waals surface area (Å²) in [7, 11) is -3.34. The predicted molar refractivity (Wildman–Crippen MR) is 73.5 cm³/mol. The Bertz CT molecular complexity index is 638. The first-order valence-corrected chi connectivity index (χ1v) is 7.56. The van der Waals surface area contributed by atoms with E-state index in [9.17, 15) is 13.2 Å². The monoisotopic (exact) mass is 281 g/mol. The van der Waals surface area contributed by atoms with Crippen LogP contribution in [-0.2, 0) is 14.6 Å². The van der Waals surface area contributed by atoms with E-state index >= 15 is 0 Å². The molecule has 0 bridgehead atoms. The number of sulfone groups is 1. The Morgan fingerprint density at radius 1 is 1.42 bits per heavy atom. The van der Waals surface area contributed by atoms with Gasteiger partial charge >= 0.3 is 0 Å². The number of carbonyl (C=O) groups is 1. The number of nitrogens with one attached hydrogen (secondary N) is 1. The molecule has 2 N–H and O–H groups in total. The van der Waals surface area contributed by atoms with E-state index in [0.29, 0.717) is 11.3 Å². The lowest BCUT2D eigenvalue weighted by atomic mass is 10.1. The number of hydrogen-bond donors (Lipinski definition) is 2. The van der Waals surface area contributed by atoms with Gasteiger partial charge in [-0.1, -0.05) is 11.8 Å². The summed E-state index contributed by atoms with van der Waals surface area (Å²) >= 11 is 0. The highest BCUT2D eigenvalue weighted by Gasteiger charge is 2.11. The second kappa shape index (κ2) is 6.36. The molecule has 6 heteroatoms. The molecule has 1 rings (SSSR count). The van der Waals surface area contributed by atoms with E-state index in [1.807, 2.05) is 0 Å². The third kappa shape index (κ3) is 5.55. The maximum absolute atomic E-state index is 11.5. The molecule has 0 aliphatic heterocycles. The molecule has 0 atom stereocenters. The molecule has 1 aromatic carbocycles. The minimum absolute atomic E-state index is 0.216. The van der Waals surface area contributed by atoms with Gasteiger partial charge in [0, 0.05) is 17.5 Å². The zero-order chi connectivity index (χ0) is 14.5. The molecule has 0 saturated carbocycles. The highest BCUT2D eigenvalue weighted by atomic mass is 32.2. The molecule has 19 heavy (non-hydrogen) atoms. The van der Waals surface area contributed by atoms with Crippen LogP contribution in [0.2, 0.25) is 0 Å². The van der Waals surface area contributed by atoms with E-state index in [1.165, 1.54) is 0 Å². The molecule has 0 spiro atoms. The van der Waals surface area contributed by atoms with Crippen molar-refractivity contribution in [1.82, 2.24) is 0 Å². The largest absolute Gasteiger partial charge is 0.384 e. The number of aliphatic hydroxyl groups excluding tert-OH is 1. The number of carbonyl (C=O) groups excluding carboxylic acids is 1. The Hall–Kier alpha value is -1.84. The molecule has 1 aromatic rings. The van der Waals surface area contributed by atoms with Crippen molar-refractivity contribution in [2.75, 3.05) is 23.9 Å². The number of benzene rings is 1. The van der Waals surface area contributed by atoms with E-state index < -0.39 is 21.5 Å². The highest BCUT2D eigenvalue weighted by molar-refractivity contribution is 7.91. The lowest BCUT2D eigenvalue weighted by molar-refractivity contribution is -0.113.